The Morgan fingerprint density at radius 3 is 2.12 bits per heavy atom. The molecule has 0 aromatic heterocycles. The molecule has 0 radical (unpaired) electrons. The number of Topliss-reactive ketones (excluding diaryl/α,β-unsaturated/α-hetero) is 1. The number of nitrogens with one attached hydrogen (secondary N) is 1. The minimum absolute atomic E-state index is 0.106. The van der Waals surface area contributed by atoms with E-state index < -0.39 is 20.5 Å². The number of amides is 1. The molecule has 0 fully saturated rings. The third-order valence-corrected chi connectivity index (χ3v) is 10.1. The van der Waals surface area contributed by atoms with Crippen LogP contribution in [-0.4, -0.2) is 26.2 Å². The van der Waals surface area contributed by atoms with Crippen LogP contribution in [0, 0.1) is 0 Å². The summed E-state index contributed by atoms with van der Waals surface area (Å²) in [7, 11) is -1.93. The molecule has 0 unspecified atom stereocenters. The molecule has 0 bridgehead atoms. The molecule has 0 heterocycles. The Labute approximate surface area is 193 Å². The maximum Gasteiger partial charge on any atom is 0.408 e. The highest BCUT2D eigenvalue weighted by Crippen LogP contribution is 2.37. The fourth-order valence-electron chi connectivity index (χ4n) is 2.79. The Hall–Kier alpha value is -2.86. The van der Waals surface area contributed by atoms with Crippen LogP contribution in [0.25, 0.3) is 0 Å². The van der Waals surface area contributed by atoms with Gasteiger partial charge in [-0.1, -0.05) is 69.8 Å². The molecular formula is C26H35NO4Si. The van der Waals surface area contributed by atoms with Crippen molar-refractivity contribution in [3.63, 3.8) is 0 Å². The van der Waals surface area contributed by atoms with Gasteiger partial charge in [0.15, 0.2) is 5.78 Å². The molecule has 1 amide bonds. The minimum Gasteiger partial charge on any atom is -0.544 e. The van der Waals surface area contributed by atoms with E-state index >= 15 is 0 Å². The van der Waals surface area contributed by atoms with E-state index in [0.29, 0.717) is 12.0 Å². The topological polar surface area (TPSA) is 64.6 Å². The first-order valence-corrected chi connectivity index (χ1v) is 13.7. The Bertz CT molecular complexity index is 931. The van der Waals surface area contributed by atoms with Gasteiger partial charge in [-0.15, -0.1) is 0 Å². The first kappa shape index (κ1) is 25.4. The molecule has 2 rings (SSSR count). The molecule has 172 valence electrons. The number of ketones is 1. The van der Waals surface area contributed by atoms with Gasteiger partial charge in [-0.05, 0) is 53.9 Å². The lowest BCUT2D eigenvalue weighted by Crippen LogP contribution is -2.44. The van der Waals surface area contributed by atoms with E-state index in [1.807, 2.05) is 54.6 Å². The van der Waals surface area contributed by atoms with Crippen LogP contribution in [0.15, 0.2) is 66.7 Å². The molecule has 0 aliphatic heterocycles. The second-order valence-corrected chi connectivity index (χ2v) is 14.3. The van der Waals surface area contributed by atoms with Crippen molar-refractivity contribution in [1.82, 2.24) is 5.32 Å². The molecule has 0 spiro atoms. The standard InChI is InChI=1S/C26H35NO4Si/c1-19(2)24(28)23(27-25(29)30-18-21-11-9-8-10-12-21)17-20-13-15-22(16-14-20)31-32(6,7)26(3,4)5/h8-16,23H,1,17-18H2,2-7H3,(H,27,29)/t23-/m0/s1. The third kappa shape index (κ3) is 7.37. The average molecular weight is 454 g/mol. The number of carbonyl (C=O) groups excluding carboxylic acids is 2. The Morgan fingerprint density at radius 2 is 1.59 bits per heavy atom. The molecule has 6 heteroatoms. The van der Waals surface area contributed by atoms with Crippen LogP contribution in [-0.2, 0) is 22.6 Å². The summed E-state index contributed by atoms with van der Waals surface area (Å²) in [4.78, 5) is 25.0. The molecule has 0 saturated heterocycles. The fraction of sp³-hybridized carbons (Fsp3) is 0.385. The predicted octanol–water partition coefficient (Wildman–Crippen LogP) is 6.05. The van der Waals surface area contributed by atoms with Crippen LogP contribution in [0.2, 0.25) is 18.1 Å². The predicted molar refractivity (Wildman–Crippen MR) is 131 cm³/mol. The number of ether oxygens (including phenoxy) is 1. The molecule has 0 aliphatic carbocycles. The van der Waals surface area contributed by atoms with Gasteiger partial charge in [0.25, 0.3) is 0 Å². The largest absolute Gasteiger partial charge is 0.544 e. The summed E-state index contributed by atoms with van der Waals surface area (Å²) in [6, 6.07) is 16.4. The highest BCUT2D eigenvalue weighted by atomic mass is 28.4. The van der Waals surface area contributed by atoms with Gasteiger partial charge in [-0.3, -0.25) is 4.79 Å². The van der Waals surface area contributed by atoms with E-state index in [1.54, 1.807) is 6.92 Å². The van der Waals surface area contributed by atoms with Gasteiger partial charge in [0.2, 0.25) is 8.32 Å². The lowest BCUT2D eigenvalue weighted by Gasteiger charge is -2.36. The quantitative estimate of drug-likeness (QED) is 0.371. The number of rotatable bonds is 9. The van der Waals surface area contributed by atoms with Gasteiger partial charge in [-0.25, -0.2) is 4.79 Å². The molecule has 0 aliphatic rings. The number of carbonyl (C=O) groups is 2. The van der Waals surface area contributed by atoms with Gasteiger partial charge in [-0.2, -0.15) is 0 Å². The van der Waals surface area contributed by atoms with Crippen LogP contribution in [0.3, 0.4) is 0 Å². The van der Waals surface area contributed by atoms with E-state index in [4.69, 9.17) is 9.16 Å². The van der Waals surface area contributed by atoms with Crippen molar-refractivity contribution in [3.8, 4) is 5.75 Å². The fourth-order valence-corrected chi connectivity index (χ4v) is 3.82. The first-order valence-electron chi connectivity index (χ1n) is 10.8. The summed E-state index contributed by atoms with van der Waals surface area (Å²) in [6.07, 6.45) is -0.293. The third-order valence-electron chi connectivity index (χ3n) is 5.78. The molecule has 5 nitrogen and oxygen atoms in total. The lowest BCUT2D eigenvalue weighted by atomic mass is 9.99. The maximum absolute atomic E-state index is 12.6. The van der Waals surface area contributed by atoms with E-state index in [9.17, 15) is 9.59 Å². The number of hydrogen-bond acceptors (Lipinski definition) is 4. The highest BCUT2D eigenvalue weighted by molar-refractivity contribution is 6.74. The van der Waals surface area contributed by atoms with Crippen LogP contribution < -0.4 is 9.74 Å². The van der Waals surface area contributed by atoms with Crippen LogP contribution in [0.5, 0.6) is 5.75 Å². The molecule has 1 atom stereocenters. The second kappa shape index (κ2) is 10.6. The molecule has 0 saturated carbocycles. The van der Waals surface area contributed by atoms with Crippen molar-refractivity contribution in [2.24, 2.45) is 0 Å². The number of hydrogen-bond donors (Lipinski definition) is 1. The number of alkyl carbamates (subject to hydrolysis) is 1. The van der Waals surface area contributed by atoms with Crippen molar-refractivity contribution in [1.29, 1.82) is 0 Å². The Kier molecular flexibility index (Phi) is 8.44. The van der Waals surface area contributed by atoms with E-state index in [1.165, 1.54) is 0 Å². The van der Waals surface area contributed by atoms with Crippen molar-refractivity contribution in [2.75, 3.05) is 0 Å². The van der Waals surface area contributed by atoms with Crippen LogP contribution in [0.1, 0.15) is 38.8 Å². The highest BCUT2D eigenvalue weighted by Gasteiger charge is 2.38. The van der Waals surface area contributed by atoms with Crippen LogP contribution in [0.4, 0.5) is 4.79 Å². The summed E-state index contributed by atoms with van der Waals surface area (Å²) in [5, 5.41) is 2.80. The lowest BCUT2D eigenvalue weighted by molar-refractivity contribution is -0.117. The summed E-state index contributed by atoms with van der Waals surface area (Å²) in [6.45, 7) is 16.5. The minimum atomic E-state index is -1.93. The monoisotopic (exact) mass is 453 g/mol. The molecular weight excluding hydrogens is 418 g/mol. The summed E-state index contributed by atoms with van der Waals surface area (Å²) < 4.78 is 11.6. The number of benzene rings is 2. The smallest absolute Gasteiger partial charge is 0.408 e. The van der Waals surface area contributed by atoms with Crippen molar-refractivity contribution in [3.05, 3.63) is 77.9 Å². The van der Waals surface area contributed by atoms with Gasteiger partial charge in [0, 0.05) is 6.42 Å². The molecule has 2 aromatic rings. The second-order valence-electron chi connectivity index (χ2n) is 9.61. The average Bonchev–Trinajstić information content (AvgIpc) is 2.72. The van der Waals surface area contributed by atoms with E-state index in [2.05, 4.69) is 45.8 Å². The maximum atomic E-state index is 12.6. The molecule has 1 N–H and O–H groups in total. The van der Waals surface area contributed by atoms with E-state index in [-0.39, 0.29) is 17.4 Å². The first-order chi connectivity index (χ1) is 14.9. The van der Waals surface area contributed by atoms with Crippen molar-refractivity contribution in [2.45, 2.75) is 64.9 Å². The SMILES string of the molecule is C=C(C)C(=O)[C@H](Cc1ccc(O[Si](C)(C)C(C)(C)C)cc1)NC(=O)OCc1ccccc1. The van der Waals surface area contributed by atoms with Gasteiger partial charge < -0.3 is 14.5 Å². The summed E-state index contributed by atoms with van der Waals surface area (Å²) in [5.74, 6) is 0.599. The Morgan fingerprint density at radius 1 is 1.00 bits per heavy atom. The van der Waals surface area contributed by atoms with E-state index in [0.717, 1.165) is 16.9 Å². The summed E-state index contributed by atoms with van der Waals surface area (Å²) >= 11 is 0. The van der Waals surface area contributed by atoms with Gasteiger partial charge >= 0.3 is 6.09 Å². The zero-order valence-corrected chi connectivity index (χ0v) is 21.0. The van der Waals surface area contributed by atoms with Gasteiger partial charge in [0.05, 0.1) is 6.04 Å². The molecule has 32 heavy (non-hydrogen) atoms. The normalized spacial score (nSPS) is 12.6. The Balaban J connectivity index is 2.04. The van der Waals surface area contributed by atoms with Crippen molar-refractivity contribution >= 4 is 20.2 Å². The van der Waals surface area contributed by atoms with Crippen molar-refractivity contribution < 1.29 is 18.8 Å². The zero-order chi connectivity index (χ0) is 23.9. The molecule has 2 aromatic carbocycles. The van der Waals surface area contributed by atoms with Gasteiger partial charge in [0.1, 0.15) is 12.4 Å². The van der Waals surface area contributed by atoms with Crippen LogP contribution >= 0.6 is 0 Å². The zero-order valence-electron chi connectivity index (χ0n) is 20.0. The summed E-state index contributed by atoms with van der Waals surface area (Å²) in [5.41, 5.74) is 2.18.